The first-order valence-corrected chi connectivity index (χ1v) is 7.27. The molecule has 1 aliphatic rings. The highest BCUT2D eigenvalue weighted by atomic mass is 16.6. The van der Waals surface area contributed by atoms with Gasteiger partial charge in [-0.1, -0.05) is 26.7 Å². The number of aromatic nitrogens is 1. The molecule has 1 heterocycles. The lowest BCUT2D eigenvalue weighted by atomic mass is 9.73. The summed E-state index contributed by atoms with van der Waals surface area (Å²) in [4.78, 5) is 14.7. The Kier molecular flexibility index (Phi) is 3.31. The molecule has 3 rings (SSSR count). The molecule has 1 aromatic heterocycles. The Hall–Kier alpha value is -2.11. The van der Waals surface area contributed by atoms with Crippen LogP contribution in [0.3, 0.4) is 0 Å². The van der Waals surface area contributed by atoms with Crippen LogP contribution in [-0.4, -0.2) is 15.9 Å². The van der Waals surface area contributed by atoms with Crippen molar-refractivity contribution in [3.8, 4) is 0 Å². The third-order valence-corrected chi connectivity index (χ3v) is 4.39. The lowest BCUT2D eigenvalue weighted by Crippen LogP contribution is -2.38. The zero-order valence-electron chi connectivity index (χ0n) is 12.3. The molecule has 1 N–H and O–H groups in total. The van der Waals surface area contributed by atoms with Crippen molar-refractivity contribution in [2.75, 3.05) is 5.32 Å². The molecule has 1 aromatic carbocycles. The summed E-state index contributed by atoms with van der Waals surface area (Å²) in [5, 5.41) is 14.1. The maximum absolute atomic E-state index is 10.8. The van der Waals surface area contributed by atoms with Gasteiger partial charge in [-0.15, -0.1) is 0 Å². The molecular weight excluding hydrogens is 270 g/mol. The van der Waals surface area contributed by atoms with Crippen molar-refractivity contribution in [1.82, 2.24) is 4.98 Å². The number of anilines is 1. The second-order valence-corrected chi connectivity index (χ2v) is 6.36. The van der Waals surface area contributed by atoms with Gasteiger partial charge in [-0.05, 0) is 24.3 Å². The first kappa shape index (κ1) is 13.9. The average Bonchev–Trinajstić information content (AvgIpc) is 2.82. The van der Waals surface area contributed by atoms with Crippen molar-refractivity contribution in [2.24, 2.45) is 5.41 Å². The number of hydrogen-bond donors (Lipinski definition) is 1. The topological polar surface area (TPSA) is 81.2 Å². The van der Waals surface area contributed by atoms with Crippen LogP contribution in [0.15, 0.2) is 22.6 Å². The third-order valence-electron chi connectivity index (χ3n) is 4.39. The van der Waals surface area contributed by atoms with E-state index in [0.717, 1.165) is 6.42 Å². The molecule has 1 fully saturated rings. The van der Waals surface area contributed by atoms with E-state index >= 15 is 0 Å². The standard InChI is InChI=1S/C15H19N3O3/c1-15(2)8-4-3-5-13(15)17-14-16-11-7-6-10(18(19)20)9-12(11)21-14/h6-7,9,13H,3-5,8H2,1-2H3,(H,16,17). The molecule has 0 bridgehead atoms. The largest absolute Gasteiger partial charge is 0.423 e. The van der Waals surface area contributed by atoms with E-state index in [2.05, 4.69) is 24.1 Å². The van der Waals surface area contributed by atoms with Crippen LogP contribution in [0, 0.1) is 15.5 Å². The number of benzene rings is 1. The van der Waals surface area contributed by atoms with Crippen molar-refractivity contribution in [1.29, 1.82) is 0 Å². The Bertz CT molecular complexity index is 678. The summed E-state index contributed by atoms with van der Waals surface area (Å²) in [6.07, 6.45) is 4.72. The SMILES string of the molecule is CC1(C)CCCCC1Nc1nc2ccc([N+](=O)[O-])cc2o1. The molecule has 1 saturated carbocycles. The van der Waals surface area contributed by atoms with E-state index in [1.165, 1.54) is 31.4 Å². The Morgan fingerprint density at radius 2 is 2.24 bits per heavy atom. The molecule has 1 aliphatic carbocycles. The fourth-order valence-electron chi connectivity index (χ4n) is 3.00. The quantitative estimate of drug-likeness (QED) is 0.679. The zero-order chi connectivity index (χ0) is 15.0. The van der Waals surface area contributed by atoms with E-state index in [1.54, 1.807) is 6.07 Å². The normalized spacial score (nSPS) is 21.3. The van der Waals surface area contributed by atoms with Gasteiger partial charge in [0.05, 0.1) is 11.0 Å². The van der Waals surface area contributed by atoms with Gasteiger partial charge in [0.15, 0.2) is 5.58 Å². The van der Waals surface area contributed by atoms with Gasteiger partial charge in [0.25, 0.3) is 11.7 Å². The van der Waals surface area contributed by atoms with E-state index in [1.807, 2.05) is 0 Å². The van der Waals surface area contributed by atoms with Crippen LogP contribution in [0.2, 0.25) is 0 Å². The fourth-order valence-corrected chi connectivity index (χ4v) is 3.00. The van der Waals surface area contributed by atoms with Crippen molar-refractivity contribution in [2.45, 2.75) is 45.6 Å². The molecule has 0 aliphatic heterocycles. The lowest BCUT2D eigenvalue weighted by Gasteiger charge is -2.38. The van der Waals surface area contributed by atoms with Gasteiger partial charge in [0.2, 0.25) is 0 Å². The molecule has 1 atom stereocenters. The lowest BCUT2D eigenvalue weighted by molar-refractivity contribution is -0.384. The van der Waals surface area contributed by atoms with Gasteiger partial charge in [-0.3, -0.25) is 10.1 Å². The number of nitrogens with one attached hydrogen (secondary N) is 1. The summed E-state index contributed by atoms with van der Waals surface area (Å²) in [5.74, 6) is 0. The van der Waals surface area contributed by atoms with Gasteiger partial charge in [0.1, 0.15) is 5.52 Å². The monoisotopic (exact) mass is 289 g/mol. The van der Waals surface area contributed by atoms with E-state index in [0.29, 0.717) is 23.2 Å². The molecule has 0 spiro atoms. The minimum Gasteiger partial charge on any atom is -0.423 e. The smallest absolute Gasteiger partial charge is 0.295 e. The van der Waals surface area contributed by atoms with E-state index < -0.39 is 4.92 Å². The predicted octanol–water partition coefficient (Wildman–Crippen LogP) is 4.12. The van der Waals surface area contributed by atoms with Crippen LogP contribution < -0.4 is 5.32 Å². The van der Waals surface area contributed by atoms with Gasteiger partial charge >= 0.3 is 0 Å². The molecule has 21 heavy (non-hydrogen) atoms. The molecule has 0 amide bonds. The van der Waals surface area contributed by atoms with Crippen molar-refractivity contribution < 1.29 is 9.34 Å². The first-order chi connectivity index (χ1) is 9.95. The summed E-state index contributed by atoms with van der Waals surface area (Å²) in [6, 6.07) is 5.24. The molecule has 6 heteroatoms. The molecule has 2 aromatic rings. The highest BCUT2D eigenvalue weighted by Crippen LogP contribution is 2.37. The molecule has 0 saturated heterocycles. The average molecular weight is 289 g/mol. The Morgan fingerprint density at radius 1 is 1.43 bits per heavy atom. The number of nitrogens with zero attached hydrogens (tertiary/aromatic N) is 2. The fraction of sp³-hybridized carbons (Fsp3) is 0.533. The minimum absolute atomic E-state index is 0.0168. The molecule has 0 radical (unpaired) electrons. The number of hydrogen-bond acceptors (Lipinski definition) is 5. The van der Waals surface area contributed by atoms with Gasteiger partial charge in [-0.25, -0.2) is 0 Å². The number of nitro benzene ring substituents is 1. The summed E-state index contributed by atoms with van der Waals surface area (Å²) < 4.78 is 5.63. The maximum atomic E-state index is 10.8. The van der Waals surface area contributed by atoms with Crippen LogP contribution >= 0.6 is 0 Å². The second kappa shape index (κ2) is 5.02. The summed E-state index contributed by atoms with van der Waals surface area (Å²) in [6.45, 7) is 4.49. The summed E-state index contributed by atoms with van der Waals surface area (Å²) >= 11 is 0. The van der Waals surface area contributed by atoms with Crippen molar-refractivity contribution >= 4 is 22.8 Å². The number of oxazole rings is 1. The van der Waals surface area contributed by atoms with Crippen LogP contribution in [-0.2, 0) is 0 Å². The first-order valence-electron chi connectivity index (χ1n) is 7.27. The molecule has 112 valence electrons. The van der Waals surface area contributed by atoms with Crippen molar-refractivity contribution in [3.05, 3.63) is 28.3 Å². The Labute approximate surface area is 122 Å². The predicted molar refractivity (Wildman–Crippen MR) is 80.3 cm³/mol. The highest BCUT2D eigenvalue weighted by molar-refractivity contribution is 5.77. The Morgan fingerprint density at radius 3 is 2.95 bits per heavy atom. The third kappa shape index (κ3) is 2.70. The summed E-state index contributed by atoms with van der Waals surface area (Å²) in [5.41, 5.74) is 1.30. The maximum Gasteiger partial charge on any atom is 0.295 e. The number of rotatable bonds is 3. The second-order valence-electron chi connectivity index (χ2n) is 6.36. The molecular formula is C15H19N3O3. The van der Waals surface area contributed by atoms with Gasteiger partial charge in [0, 0.05) is 12.1 Å². The highest BCUT2D eigenvalue weighted by Gasteiger charge is 2.33. The van der Waals surface area contributed by atoms with Crippen LogP contribution in [0.1, 0.15) is 39.5 Å². The Balaban J connectivity index is 1.86. The van der Waals surface area contributed by atoms with E-state index in [-0.39, 0.29) is 11.1 Å². The summed E-state index contributed by atoms with van der Waals surface area (Å²) in [7, 11) is 0. The molecule has 6 nitrogen and oxygen atoms in total. The van der Waals surface area contributed by atoms with Crippen LogP contribution in [0.4, 0.5) is 11.7 Å². The van der Waals surface area contributed by atoms with Crippen molar-refractivity contribution in [3.63, 3.8) is 0 Å². The van der Waals surface area contributed by atoms with E-state index in [4.69, 9.17) is 4.42 Å². The van der Waals surface area contributed by atoms with E-state index in [9.17, 15) is 10.1 Å². The zero-order valence-corrected chi connectivity index (χ0v) is 12.3. The van der Waals surface area contributed by atoms with Gasteiger partial charge < -0.3 is 9.73 Å². The number of non-ortho nitro benzene ring substituents is 1. The van der Waals surface area contributed by atoms with Gasteiger partial charge in [-0.2, -0.15) is 4.98 Å². The minimum atomic E-state index is -0.431. The number of nitro groups is 1. The number of fused-ring (bicyclic) bond motifs is 1. The van der Waals surface area contributed by atoms with Crippen LogP contribution in [0.5, 0.6) is 0 Å². The molecule has 1 unspecified atom stereocenters. The van der Waals surface area contributed by atoms with Crippen LogP contribution in [0.25, 0.3) is 11.1 Å².